The standard InChI is InChI=1S/C22H26N2O4S/c1-14-5-10-18-19(13-14)29-21(16-6-8-17(27-4)9-7-16)20(28-15(2)25)22(26)24(18)12-11-23-3/h5-10,13,20-21,23H,11-12H2,1-4H3/t20-,21+/m0/s1. The molecule has 0 fully saturated rings. The predicted octanol–water partition coefficient (Wildman–Crippen LogP) is 3.33. The number of nitrogens with zero attached hydrogens (tertiary/aromatic N) is 1. The Labute approximate surface area is 175 Å². The SMILES string of the molecule is CNCCN1C(=O)[C@@H](OC(C)=O)[C@@H](c2ccc(OC)cc2)Sc2cc(C)ccc21. The minimum absolute atomic E-state index is 0.216. The van der Waals surface area contributed by atoms with Crippen LogP contribution in [0.5, 0.6) is 5.75 Å². The summed E-state index contributed by atoms with van der Waals surface area (Å²) in [4.78, 5) is 28.1. The molecule has 1 heterocycles. The van der Waals surface area contributed by atoms with Gasteiger partial charge in [0.25, 0.3) is 5.91 Å². The number of nitrogens with one attached hydrogen (secondary N) is 1. The van der Waals surface area contributed by atoms with Crippen molar-refractivity contribution in [1.82, 2.24) is 5.32 Å². The zero-order valence-corrected chi connectivity index (χ0v) is 17.9. The predicted molar refractivity (Wildman–Crippen MR) is 115 cm³/mol. The number of amides is 1. The van der Waals surface area contributed by atoms with Crippen molar-refractivity contribution in [3.8, 4) is 5.75 Å². The number of esters is 1. The van der Waals surface area contributed by atoms with Crippen LogP contribution in [0.3, 0.4) is 0 Å². The van der Waals surface area contributed by atoms with Gasteiger partial charge in [0.15, 0.2) is 6.10 Å². The molecule has 0 saturated carbocycles. The maximum Gasteiger partial charge on any atom is 0.303 e. The first-order valence-corrected chi connectivity index (χ1v) is 10.4. The van der Waals surface area contributed by atoms with Gasteiger partial charge >= 0.3 is 5.97 Å². The fourth-order valence-corrected chi connectivity index (χ4v) is 4.74. The fourth-order valence-electron chi connectivity index (χ4n) is 3.32. The van der Waals surface area contributed by atoms with E-state index in [9.17, 15) is 9.59 Å². The Kier molecular flexibility index (Phi) is 6.82. The molecule has 0 unspecified atom stereocenters. The van der Waals surface area contributed by atoms with Crippen LogP contribution in [-0.2, 0) is 14.3 Å². The van der Waals surface area contributed by atoms with Gasteiger partial charge in [-0.1, -0.05) is 18.2 Å². The molecule has 1 aliphatic heterocycles. The number of carbonyl (C=O) groups is 2. The van der Waals surface area contributed by atoms with Gasteiger partial charge in [0, 0.05) is 24.9 Å². The normalized spacial score (nSPS) is 18.8. The van der Waals surface area contributed by atoms with E-state index in [4.69, 9.17) is 9.47 Å². The van der Waals surface area contributed by atoms with Crippen LogP contribution >= 0.6 is 11.8 Å². The fraction of sp³-hybridized carbons (Fsp3) is 0.364. The van der Waals surface area contributed by atoms with Crippen LogP contribution in [0.4, 0.5) is 5.69 Å². The first kappa shape index (κ1) is 21.2. The van der Waals surface area contributed by atoms with Crippen LogP contribution in [-0.4, -0.2) is 45.2 Å². The number of hydrogen-bond donors (Lipinski definition) is 1. The topological polar surface area (TPSA) is 67.9 Å². The molecule has 2 aromatic rings. The van der Waals surface area contributed by atoms with Crippen molar-refractivity contribution in [1.29, 1.82) is 0 Å². The lowest BCUT2D eigenvalue weighted by atomic mass is 10.1. The molecule has 0 bridgehead atoms. The molecule has 3 rings (SSSR count). The number of benzene rings is 2. The largest absolute Gasteiger partial charge is 0.497 e. The zero-order valence-electron chi connectivity index (χ0n) is 17.1. The zero-order chi connectivity index (χ0) is 21.0. The molecule has 1 aliphatic rings. The number of likely N-dealkylation sites (N-methyl/N-ethyl adjacent to an activating group) is 1. The summed E-state index contributed by atoms with van der Waals surface area (Å²) in [5.41, 5.74) is 2.85. The molecule has 0 aliphatic carbocycles. The minimum Gasteiger partial charge on any atom is -0.497 e. The highest BCUT2D eigenvalue weighted by Gasteiger charge is 2.40. The van der Waals surface area contributed by atoms with Crippen LogP contribution in [0.25, 0.3) is 0 Å². The molecule has 2 aromatic carbocycles. The lowest BCUT2D eigenvalue weighted by molar-refractivity contribution is -0.152. The molecule has 0 spiro atoms. The van der Waals surface area contributed by atoms with E-state index >= 15 is 0 Å². The molecule has 1 amide bonds. The van der Waals surface area contributed by atoms with Crippen molar-refractivity contribution in [3.63, 3.8) is 0 Å². The summed E-state index contributed by atoms with van der Waals surface area (Å²) in [6, 6.07) is 13.6. The van der Waals surface area contributed by atoms with E-state index in [1.54, 1.807) is 23.8 Å². The third-order valence-corrected chi connectivity index (χ3v) is 6.12. The third-order valence-electron chi connectivity index (χ3n) is 4.77. The molecule has 1 N–H and O–H groups in total. The van der Waals surface area contributed by atoms with Crippen molar-refractivity contribution >= 4 is 29.3 Å². The van der Waals surface area contributed by atoms with Crippen LogP contribution < -0.4 is 15.0 Å². The van der Waals surface area contributed by atoms with Crippen molar-refractivity contribution in [2.75, 3.05) is 32.1 Å². The van der Waals surface area contributed by atoms with Crippen LogP contribution in [0.2, 0.25) is 0 Å². The van der Waals surface area contributed by atoms with E-state index in [1.807, 2.05) is 50.4 Å². The van der Waals surface area contributed by atoms with Gasteiger partial charge in [0.05, 0.1) is 18.0 Å². The Morgan fingerprint density at radius 2 is 1.93 bits per heavy atom. The average molecular weight is 415 g/mol. The maximum absolute atomic E-state index is 13.5. The van der Waals surface area contributed by atoms with E-state index in [1.165, 1.54) is 6.92 Å². The first-order chi connectivity index (χ1) is 13.9. The maximum atomic E-state index is 13.5. The van der Waals surface area contributed by atoms with Gasteiger partial charge < -0.3 is 19.7 Å². The summed E-state index contributed by atoms with van der Waals surface area (Å²) in [5.74, 6) is 0.0409. The van der Waals surface area contributed by atoms with Gasteiger partial charge in [0.2, 0.25) is 0 Å². The Hall–Kier alpha value is -2.51. The molecule has 0 radical (unpaired) electrons. The Balaban J connectivity index is 2.10. The summed E-state index contributed by atoms with van der Waals surface area (Å²) in [5, 5.41) is 2.72. The molecule has 7 heteroatoms. The highest BCUT2D eigenvalue weighted by atomic mass is 32.2. The highest BCUT2D eigenvalue weighted by Crippen LogP contribution is 2.47. The molecular weight excluding hydrogens is 388 g/mol. The lowest BCUT2D eigenvalue weighted by Crippen LogP contribution is -2.45. The van der Waals surface area contributed by atoms with Crippen molar-refractivity contribution in [2.45, 2.75) is 30.1 Å². The molecule has 2 atom stereocenters. The second-order valence-electron chi connectivity index (χ2n) is 6.91. The number of anilines is 1. The van der Waals surface area contributed by atoms with E-state index in [0.717, 1.165) is 27.5 Å². The van der Waals surface area contributed by atoms with Crippen LogP contribution in [0, 0.1) is 6.92 Å². The average Bonchev–Trinajstić information content (AvgIpc) is 2.81. The van der Waals surface area contributed by atoms with E-state index in [-0.39, 0.29) is 11.2 Å². The third kappa shape index (κ3) is 4.74. The summed E-state index contributed by atoms with van der Waals surface area (Å²) >= 11 is 1.55. The molecule has 0 saturated heterocycles. The van der Waals surface area contributed by atoms with Gasteiger partial charge in [-0.05, 0) is 49.4 Å². The number of fused-ring (bicyclic) bond motifs is 1. The number of ether oxygens (including phenoxy) is 2. The number of carbonyl (C=O) groups excluding carboxylic acids is 2. The molecule has 6 nitrogen and oxygen atoms in total. The Bertz CT molecular complexity index is 885. The van der Waals surface area contributed by atoms with E-state index < -0.39 is 12.1 Å². The van der Waals surface area contributed by atoms with E-state index in [0.29, 0.717) is 13.1 Å². The molecule has 29 heavy (non-hydrogen) atoms. The van der Waals surface area contributed by atoms with Crippen molar-refractivity contribution in [3.05, 3.63) is 53.6 Å². The second-order valence-corrected chi connectivity index (χ2v) is 8.09. The van der Waals surface area contributed by atoms with Crippen LogP contribution in [0.1, 0.15) is 23.3 Å². The van der Waals surface area contributed by atoms with Gasteiger partial charge in [-0.25, -0.2) is 0 Å². The monoisotopic (exact) mass is 414 g/mol. The summed E-state index contributed by atoms with van der Waals surface area (Å²) in [6.07, 6.45) is -0.921. The smallest absolute Gasteiger partial charge is 0.303 e. The Morgan fingerprint density at radius 3 is 2.55 bits per heavy atom. The minimum atomic E-state index is -0.921. The van der Waals surface area contributed by atoms with Gasteiger partial charge in [-0.3, -0.25) is 9.59 Å². The number of aryl methyl sites for hydroxylation is 1. The summed E-state index contributed by atoms with van der Waals surface area (Å²) in [6.45, 7) is 4.48. The molecule has 154 valence electrons. The number of rotatable bonds is 6. The summed E-state index contributed by atoms with van der Waals surface area (Å²) in [7, 11) is 3.45. The highest BCUT2D eigenvalue weighted by molar-refractivity contribution is 7.99. The van der Waals surface area contributed by atoms with Crippen molar-refractivity contribution in [2.24, 2.45) is 0 Å². The second kappa shape index (κ2) is 9.33. The first-order valence-electron chi connectivity index (χ1n) is 9.49. The number of thioether (sulfide) groups is 1. The van der Waals surface area contributed by atoms with E-state index in [2.05, 4.69) is 11.4 Å². The van der Waals surface area contributed by atoms with Gasteiger partial charge in [-0.2, -0.15) is 0 Å². The van der Waals surface area contributed by atoms with Crippen molar-refractivity contribution < 1.29 is 19.1 Å². The summed E-state index contributed by atoms with van der Waals surface area (Å²) < 4.78 is 10.8. The quantitative estimate of drug-likeness (QED) is 0.732. The van der Waals surface area contributed by atoms with Crippen LogP contribution in [0.15, 0.2) is 47.4 Å². The van der Waals surface area contributed by atoms with Gasteiger partial charge in [0.1, 0.15) is 5.75 Å². The molecule has 0 aromatic heterocycles. The number of methoxy groups -OCH3 is 1. The Morgan fingerprint density at radius 1 is 1.21 bits per heavy atom. The molecular formula is C22H26N2O4S. The number of hydrogen-bond acceptors (Lipinski definition) is 6. The lowest BCUT2D eigenvalue weighted by Gasteiger charge is -2.27. The van der Waals surface area contributed by atoms with Gasteiger partial charge in [-0.15, -0.1) is 11.8 Å².